The molecule has 2 N–H and O–H groups in total. The number of hydrogen-bond donors (Lipinski definition) is 1. The van der Waals surface area contributed by atoms with Crippen LogP contribution in [0.4, 0.5) is 0 Å². The first-order valence-corrected chi connectivity index (χ1v) is 5.04. The van der Waals surface area contributed by atoms with Crippen molar-refractivity contribution in [2.75, 3.05) is 13.2 Å². The topological polar surface area (TPSA) is 48.1 Å². The molecule has 0 spiro atoms. The standard InChI is InChI=1S/C11H16N2O/c12-11(3-6-14-7-4-11)8-10-2-1-5-13-9-10/h1-2,5,9H,3-4,6-8,12H2. The third-order valence-corrected chi connectivity index (χ3v) is 2.77. The molecule has 0 aromatic carbocycles. The lowest BCUT2D eigenvalue weighted by atomic mass is 9.85. The Labute approximate surface area is 84.3 Å². The van der Waals surface area contributed by atoms with E-state index in [0.29, 0.717) is 0 Å². The van der Waals surface area contributed by atoms with Crippen molar-refractivity contribution < 1.29 is 4.74 Å². The van der Waals surface area contributed by atoms with E-state index in [0.717, 1.165) is 32.5 Å². The van der Waals surface area contributed by atoms with Crippen molar-refractivity contribution in [3.8, 4) is 0 Å². The quantitative estimate of drug-likeness (QED) is 0.764. The Morgan fingerprint density at radius 2 is 2.21 bits per heavy atom. The second-order valence-electron chi connectivity index (χ2n) is 4.01. The SMILES string of the molecule is NC1(Cc2cccnc2)CCOCC1. The maximum Gasteiger partial charge on any atom is 0.0483 e. The van der Waals surface area contributed by atoms with Gasteiger partial charge in [0.1, 0.15) is 0 Å². The van der Waals surface area contributed by atoms with Gasteiger partial charge >= 0.3 is 0 Å². The van der Waals surface area contributed by atoms with Gasteiger partial charge in [0.15, 0.2) is 0 Å². The fraction of sp³-hybridized carbons (Fsp3) is 0.545. The van der Waals surface area contributed by atoms with E-state index in [2.05, 4.69) is 11.1 Å². The van der Waals surface area contributed by atoms with Crippen LogP contribution in [-0.4, -0.2) is 23.7 Å². The van der Waals surface area contributed by atoms with E-state index in [4.69, 9.17) is 10.5 Å². The predicted octanol–water partition coefficient (Wildman–Crippen LogP) is 1.13. The molecule has 76 valence electrons. The van der Waals surface area contributed by atoms with Gasteiger partial charge in [-0.05, 0) is 30.9 Å². The van der Waals surface area contributed by atoms with Crippen molar-refractivity contribution in [1.29, 1.82) is 0 Å². The smallest absolute Gasteiger partial charge is 0.0483 e. The molecule has 0 saturated carbocycles. The third kappa shape index (κ3) is 2.30. The molecular weight excluding hydrogens is 176 g/mol. The maximum atomic E-state index is 6.28. The summed E-state index contributed by atoms with van der Waals surface area (Å²) in [4.78, 5) is 4.09. The fourth-order valence-corrected chi connectivity index (χ4v) is 1.86. The largest absolute Gasteiger partial charge is 0.381 e. The fourth-order valence-electron chi connectivity index (χ4n) is 1.86. The van der Waals surface area contributed by atoms with Crippen LogP contribution >= 0.6 is 0 Å². The average Bonchev–Trinajstić information content (AvgIpc) is 2.19. The second-order valence-corrected chi connectivity index (χ2v) is 4.01. The Balaban J connectivity index is 2.02. The number of nitrogens with zero attached hydrogens (tertiary/aromatic N) is 1. The number of pyridine rings is 1. The summed E-state index contributed by atoms with van der Waals surface area (Å²) in [7, 11) is 0. The first-order chi connectivity index (χ1) is 6.79. The summed E-state index contributed by atoms with van der Waals surface area (Å²) in [5.41, 5.74) is 7.42. The lowest BCUT2D eigenvalue weighted by Gasteiger charge is -2.33. The number of nitrogens with two attached hydrogens (primary N) is 1. The normalized spacial score (nSPS) is 20.6. The van der Waals surface area contributed by atoms with E-state index >= 15 is 0 Å². The Bertz CT molecular complexity index is 281. The van der Waals surface area contributed by atoms with Crippen LogP contribution in [0.15, 0.2) is 24.5 Å². The lowest BCUT2D eigenvalue weighted by Crippen LogP contribution is -2.46. The average molecular weight is 192 g/mol. The minimum absolute atomic E-state index is 0.0821. The molecule has 2 heterocycles. The molecule has 1 aromatic heterocycles. The minimum atomic E-state index is -0.0821. The van der Waals surface area contributed by atoms with E-state index in [1.807, 2.05) is 12.3 Å². The van der Waals surface area contributed by atoms with Crippen molar-refractivity contribution >= 4 is 0 Å². The third-order valence-electron chi connectivity index (χ3n) is 2.77. The van der Waals surface area contributed by atoms with Crippen molar-refractivity contribution in [3.05, 3.63) is 30.1 Å². The highest BCUT2D eigenvalue weighted by Crippen LogP contribution is 2.21. The number of aromatic nitrogens is 1. The molecule has 3 heteroatoms. The summed E-state index contributed by atoms with van der Waals surface area (Å²) < 4.78 is 5.31. The Morgan fingerprint density at radius 1 is 1.43 bits per heavy atom. The molecule has 0 unspecified atom stereocenters. The van der Waals surface area contributed by atoms with Gasteiger partial charge in [0.25, 0.3) is 0 Å². The molecule has 1 aliphatic rings. The number of rotatable bonds is 2. The molecule has 3 nitrogen and oxygen atoms in total. The van der Waals surface area contributed by atoms with Crippen LogP contribution in [-0.2, 0) is 11.2 Å². The monoisotopic (exact) mass is 192 g/mol. The van der Waals surface area contributed by atoms with Gasteiger partial charge in [0.05, 0.1) is 0 Å². The van der Waals surface area contributed by atoms with Gasteiger partial charge in [-0.1, -0.05) is 6.07 Å². The summed E-state index contributed by atoms with van der Waals surface area (Å²) in [6, 6.07) is 4.04. The maximum absolute atomic E-state index is 6.28. The molecule has 14 heavy (non-hydrogen) atoms. The summed E-state index contributed by atoms with van der Waals surface area (Å²) in [6.45, 7) is 1.58. The van der Waals surface area contributed by atoms with E-state index < -0.39 is 0 Å². The van der Waals surface area contributed by atoms with Crippen LogP contribution in [0.2, 0.25) is 0 Å². The summed E-state index contributed by atoms with van der Waals surface area (Å²) >= 11 is 0. The number of ether oxygens (including phenoxy) is 1. The molecule has 1 aromatic rings. The first-order valence-electron chi connectivity index (χ1n) is 5.04. The Morgan fingerprint density at radius 3 is 2.86 bits per heavy atom. The van der Waals surface area contributed by atoms with Gasteiger partial charge in [-0.3, -0.25) is 4.98 Å². The zero-order chi connectivity index (χ0) is 9.86. The highest BCUT2D eigenvalue weighted by Gasteiger charge is 2.27. The van der Waals surface area contributed by atoms with Crippen LogP contribution in [0.5, 0.6) is 0 Å². The van der Waals surface area contributed by atoms with Crippen LogP contribution in [0, 0.1) is 0 Å². The van der Waals surface area contributed by atoms with E-state index in [-0.39, 0.29) is 5.54 Å². The molecule has 2 rings (SSSR count). The zero-order valence-corrected chi connectivity index (χ0v) is 8.28. The molecule has 0 aliphatic carbocycles. The van der Waals surface area contributed by atoms with Crippen molar-refractivity contribution in [1.82, 2.24) is 4.98 Å². The van der Waals surface area contributed by atoms with Crippen molar-refractivity contribution in [2.45, 2.75) is 24.8 Å². The lowest BCUT2D eigenvalue weighted by molar-refractivity contribution is 0.0533. The predicted molar refractivity (Wildman–Crippen MR) is 54.9 cm³/mol. The van der Waals surface area contributed by atoms with Gasteiger partial charge in [-0.15, -0.1) is 0 Å². The molecular formula is C11H16N2O. The molecule has 0 atom stereocenters. The molecule has 0 radical (unpaired) electrons. The van der Waals surface area contributed by atoms with Gasteiger partial charge in [0.2, 0.25) is 0 Å². The number of hydrogen-bond acceptors (Lipinski definition) is 3. The van der Waals surface area contributed by atoms with Crippen LogP contribution in [0.1, 0.15) is 18.4 Å². The molecule has 1 fully saturated rings. The molecule has 1 saturated heterocycles. The van der Waals surface area contributed by atoms with Gasteiger partial charge < -0.3 is 10.5 Å². The zero-order valence-electron chi connectivity index (χ0n) is 8.28. The van der Waals surface area contributed by atoms with E-state index in [1.54, 1.807) is 6.20 Å². The van der Waals surface area contributed by atoms with Crippen LogP contribution in [0.3, 0.4) is 0 Å². The van der Waals surface area contributed by atoms with Gasteiger partial charge in [0, 0.05) is 31.1 Å². The summed E-state index contributed by atoms with van der Waals surface area (Å²) in [5.74, 6) is 0. The summed E-state index contributed by atoms with van der Waals surface area (Å²) in [5, 5.41) is 0. The van der Waals surface area contributed by atoms with Crippen molar-refractivity contribution in [2.24, 2.45) is 5.73 Å². The van der Waals surface area contributed by atoms with Gasteiger partial charge in [-0.2, -0.15) is 0 Å². The molecule has 1 aliphatic heterocycles. The van der Waals surface area contributed by atoms with Crippen LogP contribution < -0.4 is 5.73 Å². The minimum Gasteiger partial charge on any atom is -0.381 e. The Kier molecular flexibility index (Phi) is 2.79. The van der Waals surface area contributed by atoms with Crippen LogP contribution in [0.25, 0.3) is 0 Å². The first kappa shape index (κ1) is 9.62. The summed E-state index contributed by atoms with van der Waals surface area (Å²) in [6.07, 6.45) is 6.48. The van der Waals surface area contributed by atoms with E-state index in [1.165, 1.54) is 5.56 Å². The van der Waals surface area contributed by atoms with Gasteiger partial charge in [-0.25, -0.2) is 0 Å². The highest BCUT2D eigenvalue weighted by atomic mass is 16.5. The van der Waals surface area contributed by atoms with Crippen molar-refractivity contribution in [3.63, 3.8) is 0 Å². The second kappa shape index (κ2) is 4.07. The van der Waals surface area contributed by atoms with E-state index in [9.17, 15) is 0 Å². The molecule has 0 bridgehead atoms. The highest BCUT2D eigenvalue weighted by molar-refractivity contribution is 5.13. The Hall–Kier alpha value is -0.930. The molecule has 0 amide bonds.